The van der Waals surface area contributed by atoms with Crippen LogP contribution in [-0.2, 0) is 0 Å². The highest BCUT2D eigenvalue weighted by atomic mass is 19.4. The summed E-state index contributed by atoms with van der Waals surface area (Å²) in [6.07, 6.45) is -1.31. The third kappa shape index (κ3) is 4.70. The molecule has 0 spiro atoms. The molecule has 0 saturated carbocycles. The maximum atomic E-state index is 12.5. The van der Waals surface area contributed by atoms with Crippen molar-refractivity contribution in [1.29, 1.82) is 0 Å². The van der Waals surface area contributed by atoms with E-state index in [4.69, 9.17) is 5.73 Å². The van der Waals surface area contributed by atoms with Gasteiger partial charge >= 0.3 is 6.18 Å². The SMILES string of the molecule is CC(N)CCCN1CCCC(C(F)(F)F)C1. The quantitative estimate of drug-likeness (QED) is 0.814. The molecule has 16 heavy (non-hydrogen) atoms. The van der Waals surface area contributed by atoms with Crippen LogP contribution in [-0.4, -0.2) is 36.8 Å². The van der Waals surface area contributed by atoms with Crippen LogP contribution in [0.3, 0.4) is 0 Å². The fourth-order valence-electron chi connectivity index (χ4n) is 2.16. The Kier molecular flexibility index (Phi) is 5.05. The van der Waals surface area contributed by atoms with Crippen LogP contribution in [0.5, 0.6) is 0 Å². The van der Waals surface area contributed by atoms with Gasteiger partial charge in [0.15, 0.2) is 0 Å². The molecule has 2 unspecified atom stereocenters. The molecule has 0 aliphatic carbocycles. The van der Waals surface area contributed by atoms with E-state index < -0.39 is 12.1 Å². The summed E-state index contributed by atoms with van der Waals surface area (Å²) >= 11 is 0. The van der Waals surface area contributed by atoms with Crippen molar-refractivity contribution in [1.82, 2.24) is 4.90 Å². The van der Waals surface area contributed by atoms with Crippen LogP contribution in [0, 0.1) is 5.92 Å². The van der Waals surface area contributed by atoms with E-state index >= 15 is 0 Å². The van der Waals surface area contributed by atoms with Crippen molar-refractivity contribution in [3.63, 3.8) is 0 Å². The van der Waals surface area contributed by atoms with Gasteiger partial charge < -0.3 is 10.6 Å². The monoisotopic (exact) mass is 238 g/mol. The molecule has 1 saturated heterocycles. The molecular formula is C11H21F3N2. The zero-order valence-corrected chi connectivity index (χ0v) is 9.76. The van der Waals surface area contributed by atoms with Gasteiger partial charge in [-0.05, 0) is 45.7 Å². The standard InChI is InChI=1S/C11H21F3N2/c1-9(15)4-2-6-16-7-3-5-10(8-16)11(12,13)14/h9-10H,2-8,15H2,1H3. The Labute approximate surface area is 95.0 Å². The van der Waals surface area contributed by atoms with Gasteiger partial charge in [0.05, 0.1) is 5.92 Å². The van der Waals surface area contributed by atoms with Crippen molar-refractivity contribution in [3.8, 4) is 0 Å². The number of halogens is 3. The van der Waals surface area contributed by atoms with Crippen molar-refractivity contribution in [2.24, 2.45) is 11.7 Å². The fourth-order valence-corrected chi connectivity index (χ4v) is 2.16. The second kappa shape index (κ2) is 5.87. The summed E-state index contributed by atoms with van der Waals surface area (Å²) in [6.45, 7) is 3.64. The van der Waals surface area contributed by atoms with Gasteiger partial charge in [0.1, 0.15) is 0 Å². The van der Waals surface area contributed by atoms with Gasteiger partial charge in [-0.25, -0.2) is 0 Å². The summed E-state index contributed by atoms with van der Waals surface area (Å²) in [5.41, 5.74) is 5.61. The number of nitrogens with two attached hydrogens (primary N) is 1. The number of likely N-dealkylation sites (tertiary alicyclic amines) is 1. The molecule has 1 fully saturated rings. The summed E-state index contributed by atoms with van der Waals surface area (Å²) in [4.78, 5) is 1.92. The average molecular weight is 238 g/mol. The molecule has 96 valence electrons. The number of nitrogens with zero attached hydrogens (tertiary/aromatic N) is 1. The molecule has 0 bridgehead atoms. The zero-order valence-electron chi connectivity index (χ0n) is 9.76. The minimum absolute atomic E-state index is 0.142. The summed E-state index contributed by atoms with van der Waals surface area (Å²) in [5.74, 6) is -1.13. The molecule has 2 atom stereocenters. The Hall–Kier alpha value is -0.290. The molecule has 1 aliphatic rings. The van der Waals surface area contributed by atoms with E-state index in [1.807, 2.05) is 11.8 Å². The first-order valence-corrected chi connectivity index (χ1v) is 5.94. The first-order valence-electron chi connectivity index (χ1n) is 5.94. The van der Waals surface area contributed by atoms with E-state index in [1.54, 1.807) is 0 Å². The summed E-state index contributed by atoms with van der Waals surface area (Å²) in [6, 6.07) is 0.142. The van der Waals surface area contributed by atoms with E-state index in [0.717, 1.165) is 25.9 Å². The minimum Gasteiger partial charge on any atom is -0.328 e. The number of rotatable bonds is 4. The van der Waals surface area contributed by atoms with E-state index in [-0.39, 0.29) is 19.0 Å². The van der Waals surface area contributed by atoms with Crippen LogP contribution >= 0.6 is 0 Å². The molecule has 0 amide bonds. The van der Waals surface area contributed by atoms with Crippen LogP contribution in [0.4, 0.5) is 13.2 Å². The fraction of sp³-hybridized carbons (Fsp3) is 1.00. The van der Waals surface area contributed by atoms with Crippen molar-refractivity contribution in [2.75, 3.05) is 19.6 Å². The lowest BCUT2D eigenvalue weighted by atomic mass is 9.97. The highest BCUT2D eigenvalue weighted by molar-refractivity contribution is 4.78. The van der Waals surface area contributed by atoms with Crippen molar-refractivity contribution >= 4 is 0 Å². The Bertz CT molecular complexity index is 204. The lowest BCUT2D eigenvalue weighted by Gasteiger charge is -2.33. The van der Waals surface area contributed by atoms with Gasteiger partial charge in [-0.3, -0.25) is 0 Å². The third-order valence-electron chi connectivity index (χ3n) is 3.10. The van der Waals surface area contributed by atoms with Crippen molar-refractivity contribution in [3.05, 3.63) is 0 Å². The van der Waals surface area contributed by atoms with Crippen LogP contribution in [0.1, 0.15) is 32.6 Å². The van der Waals surface area contributed by atoms with Gasteiger partial charge in [0.2, 0.25) is 0 Å². The predicted octanol–water partition coefficient (Wildman–Crippen LogP) is 2.39. The van der Waals surface area contributed by atoms with Crippen LogP contribution < -0.4 is 5.73 Å². The topological polar surface area (TPSA) is 29.3 Å². The number of alkyl halides is 3. The van der Waals surface area contributed by atoms with Gasteiger partial charge in [0, 0.05) is 12.6 Å². The lowest BCUT2D eigenvalue weighted by Crippen LogP contribution is -2.42. The van der Waals surface area contributed by atoms with Crippen LogP contribution in [0.15, 0.2) is 0 Å². The van der Waals surface area contributed by atoms with E-state index in [9.17, 15) is 13.2 Å². The molecule has 2 nitrogen and oxygen atoms in total. The summed E-state index contributed by atoms with van der Waals surface area (Å²) in [7, 11) is 0. The number of piperidine rings is 1. The van der Waals surface area contributed by atoms with Gasteiger partial charge in [-0.15, -0.1) is 0 Å². The lowest BCUT2D eigenvalue weighted by molar-refractivity contribution is -0.186. The molecule has 1 aliphatic heterocycles. The molecule has 5 heteroatoms. The summed E-state index contributed by atoms with van der Waals surface area (Å²) in [5, 5.41) is 0. The maximum Gasteiger partial charge on any atom is 0.393 e. The third-order valence-corrected chi connectivity index (χ3v) is 3.10. The highest BCUT2D eigenvalue weighted by Gasteiger charge is 2.41. The Balaban J connectivity index is 2.28. The first-order chi connectivity index (χ1) is 7.39. The second-order valence-corrected chi connectivity index (χ2v) is 4.80. The second-order valence-electron chi connectivity index (χ2n) is 4.80. The Morgan fingerprint density at radius 2 is 2.12 bits per heavy atom. The maximum absolute atomic E-state index is 12.5. The van der Waals surface area contributed by atoms with E-state index in [1.165, 1.54) is 0 Å². The molecule has 0 radical (unpaired) electrons. The Morgan fingerprint density at radius 1 is 1.44 bits per heavy atom. The molecule has 0 aromatic heterocycles. The zero-order chi connectivity index (χ0) is 12.2. The van der Waals surface area contributed by atoms with Gasteiger partial charge in [0.25, 0.3) is 0 Å². The van der Waals surface area contributed by atoms with Crippen LogP contribution in [0.25, 0.3) is 0 Å². The smallest absolute Gasteiger partial charge is 0.328 e. The average Bonchev–Trinajstić information content (AvgIpc) is 2.16. The molecule has 0 aromatic carbocycles. The van der Waals surface area contributed by atoms with Gasteiger partial charge in [-0.2, -0.15) is 13.2 Å². The number of hydrogen-bond acceptors (Lipinski definition) is 2. The first kappa shape index (κ1) is 13.8. The molecular weight excluding hydrogens is 217 g/mol. The summed E-state index contributed by atoms with van der Waals surface area (Å²) < 4.78 is 37.6. The highest BCUT2D eigenvalue weighted by Crippen LogP contribution is 2.33. The molecule has 2 N–H and O–H groups in total. The predicted molar refractivity (Wildman–Crippen MR) is 58.1 cm³/mol. The van der Waals surface area contributed by atoms with E-state index in [0.29, 0.717) is 6.42 Å². The van der Waals surface area contributed by atoms with Crippen molar-refractivity contribution < 1.29 is 13.2 Å². The van der Waals surface area contributed by atoms with Crippen molar-refractivity contribution in [2.45, 2.75) is 44.8 Å². The van der Waals surface area contributed by atoms with Crippen LogP contribution in [0.2, 0.25) is 0 Å². The largest absolute Gasteiger partial charge is 0.393 e. The Morgan fingerprint density at radius 3 is 2.69 bits per heavy atom. The minimum atomic E-state index is -4.03. The van der Waals surface area contributed by atoms with Gasteiger partial charge in [-0.1, -0.05) is 0 Å². The normalized spacial score (nSPS) is 25.7. The molecule has 0 aromatic rings. The molecule has 1 heterocycles. The number of hydrogen-bond donors (Lipinski definition) is 1. The van der Waals surface area contributed by atoms with E-state index in [2.05, 4.69) is 0 Å². The molecule has 1 rings (SSSR count).